The molecule has 138 valence electrons. The average Bonchev–Trinajstić information content (AvgIpc) is 3.46. The molecule has 0 amide bonds. The summed E-state index contributed by atoms with van der Waals surface area (Å²) in [5, 5.41) is 12.3. The molecule has 0 aliphatic heterocycles. The number of thioether (sulfide) groups is 1. The minimum absolute atomic E-state index is 0.315. The lowest BCUT2D eigenvalue weighted by Gasteiger charge is -2.09. The highest BCUT2D eigenvalue weighted by molar-refractivity contribution is 7.98. The monoisotopic (exact) mass is 386 g/mol. The molecule has 0 bridgehead atoms. The van der Waals surface area contributed by atoms with E-state index < -0.39 is 0 Å². The van der Waals surface area contributed by atoms with Gasteiger partial charge >= 0.3 is 0 Å². The fraction of sp³-hybridized carbons (Fsp3) is 0.176. The molecular weight excluding hydrogens is 372 g/mol. The molecule has 10 heteroatoms. The first-order valence-electron chi connectivity index (χ1n) is 7.82. The molecule has 4 aromatic rings. The number of nitrogens with zero attached hydrogens (tertiary/aromatic N) is 4. The van der Waals surface area contributed by atoms with Gasteiger partial charge in [-0.05, 0) is 24.3 Å². The van der Waals surface area contributed by atoms with Crippen LogP contribution in [0.2, 0.25) is 0 Å². The molecule has 27 heavy (non-hydrogen) atoms. The van der Waals surface area contributed by atoms with E-state index in [2.05, 4.69) is 20.3 Å². The molecule has 0 saturated carbocycles. The molecule has 0 aliphatic rings. The molecule has 0 saturated heterocycles. The standard InChI is InChI=1S/C17H14N4O5S/c1-22-11-6-3-5-10(14(11)23-2)15-18-13(26-21-15)9-27-17-20-19-16(25-17)12-7-4-8-24-12/h3-8H,9H2,1-2H3. The molecule has 0 N–H and O–H groups in total. The summed E-state index contributed by atoms with van der Waals surface area (Å²) in [5.41, 5.74) is 0.676. The third-order valence-corrected chi connectivity index (χ3v) is 4.37. The number of para-hydroxylation sites is 1. The van der Waals surface area contributed by atoms with Crippen LogP contribution in [0, 0.1) is 0 Å². The van der Waals surface area contributed by atoms with E-state index in [0.717, 1.165) is 0 Å². The van der Waals surface area contributed by atoms with E-state index in [9.17, 15) is 0 Å². The molecule has 1 aromatic carbocycles. The van der Waals surface area contributed by atoms with Crippen molar-refractivity contribution >= 4 is 11.8 Å². The normalized spacial score (nSPS) is 10.9. The third kappa shape index (κ3) is 3.51. The Morgan fingerprint density at radius 1 is 1.07 bits per heavy atom. The zero-order chi connectivity index (χ0) is 18.6. The van der Waals surface area contributed by atoms with Crippen LogP contribution in [0.15, 0.2) is 55.2 Å². The molecule has 0 atom stereocenters. The Hall–Kier alpha value is -3.27. The van der Waals surface area contributed by atoms with Crippen molar-refractivity contribution in [3.05, 3.63) is 42.5 Å². The second kappa shape index (κ2) is 7.54. The summed E-state index contributed by atoms with van der Waals surface area (Å²) < 4.78 is 26.8. The lowest BCUT2D eigenvalue weighted by Crippen LogP contribution is -1.94. The first kappa shape index (κ1) is 17.2. The van der Waals surface area contributed by atoms with Crippen molar-refractivity contribution in [2.45, 2.75) is 11.0 Å². The van der Waals surface area contributed by atoms with E-state index in [1.54, 1.807) is 38.7 Å². The minimum atomic E-state index is 0.315. The Balaban J connectivity index is 1.48. The first-order chi connectivity index (χ1) is 13.3. The van der Waals surface area contributed by atoms with Crippen molar-refractivity contribution in [3.63, 3.8) is 0 Å². The Bertz CT molecular complexity index is 1030. The van der Waals surface area contributed by atoms with Crippen LogP contribution in [0.4, 0.5) is 0 Å². The van der Waals surface area contributed by atoms with E-state index in [0.29, 0.717) is 51.4 Å². The Morgan fingerprint density at radius 3 is 2.78 bits per heavy atom. The van der Waals surface area contributed by atoms with Crippen molar-refractivity contribution < 1.29 is 22.8 Å². The third-order valence-electron chi connectivity index (χ3n) is 3.57. The molecular formula is C17H14N4O5S. The molecule has 0 fully saturated rings. The van der Waals surface area contributed by atoms with Crippen LogP contribution in [0.5, 0.6) is 11.5 Å². The largest absolute Gasteiger partial charge is 0.493 e. The van der Waals surface area contributed by atoms with Crippen molar-refractivity contribution in [1.82, 2.24) is 20.3 Å². The summed E-state index contributed by atoms with van der Waals surface area (Å²) in [5.74, 6) is 3.15. The summed E-state index contributed by atoms with van der Waals surface area (Å²) in [6, 6.07) is 8.95. The van der Waals surface area contributed by atoms with Gasteiger partial charge in [0.05, 0.1) is 31.8 Å². The topological polar surface area (TPSA) is 109 Å². The molecule has 4 rings (SSSR count). The van der Waals surface area contributed by atoms with Crippen LogP contribution in [0.1, 0.15) is 5.89 Å². The van der Waals surface area contributed by atoms with Gasteiger partial charge in [0.25, 0.3) is 11.1 Å². The van der Waals surface area contributed by atoms with Gasteiger partial charge in [-0.1, -0.05) is 23.0 Å². The Labute approximate surface area is 157 Å². The zero-order valence-corrected chi connectivity index (χ0v) is 15.2. The van der Waals surface area contributed by atoms with Gasteiger partial charge in [0.1, 0.15) is 0 Å². The van der Waals surface area contributed by atoms with Crippen molar-refractivity contribution in [2.24, 2.45) is 0 Å². The number of benzene rings is 1. The fourth-order valence-electron chi connectivity index (χ4n) is 2.38. The van der Waals surface area contributed by atoms with E-state index in [1.807, 2.05) is 12.1 Å². The summed E-state index contributed by atoms with van der Waals surface area (Å²) in [6.45, 7) is 0. The summed E-state index contributed by atoms with van der Waals surface area (Å²) in [4.78, 5) is 4.39. The van der Waals surface area contributed by atoms with Gasteiger partial charge in [0.15, 0.2) is 17.3 Å². The first-order valence-corrected chi connectivity index (χ1v) is 8.81. The van der Waals surface area contributed by atoms with Crippen LogP contribution in [0.25, 0.3) is 23.0 Å². The lowest BCUT2D eigenvalue weighted by molar-refractivity contribution is 0.355. The van der Waals surface area contributed by atoms with Gasteiger partial charge in [-0.15, -0.1) is 10.2 Å². The average molecular weight is 386 g/mol. The zero-order valence-electron chi connectivity index (χ0n) is 14.4. The Kier molecular flexibility index (Phi) is 4.79. The predicted octanol–water partition coefficient (Wildman–Crippen LogP) is 3.69. The van der Waals surface area contributed by atoms with Gasteiger partial charge < -0.3 is 22.8 Å². The van der Waals surface area contributed by atoms with E-state index in [4.69, 9.17) is 22.8 Å². The van der Waals surface area contributed by atoms with Crippen molar-refractivity contribution in [2.75, 3.05) is 14.2 Å². The van der Waals surface area contributed by atoms with Gasteiger partial charge in [-0.25, -0.2) is 0 Å². The molecule has 0 aliphatic carbocycles. The van der Waals surface area contributed by atoms with Crippen molar-refractivity contribution in [1.29, 1.82) is 0 Å². The smallest absolute Gasteiger partial charge is 0.284 e. The number of methoxy groups -OCH3 is 2. The second-order valence-electron chi connectivity index (χ2n) is 5.19. The van der Waals surface area contributed by atoms with E-state index in [1.165, 1.54) is 11.8 Å². The van der Waals surface area contributed by atoms with Crippen LogP contribution in [-0.2, 0) is 5.75 Å². The van der Waals surface area contributed by atoms with Gasteiger partial charge in [0, 0.05) is 0 Å². The van der Waals surface area contributed by atoms with Crippen LogP contribution < -0.4 is 9.47 Å². The molecule has 3 aromatic heterocycles. The number of aromatic nitrogens is 4. The molecule has 0 radical (unpaired) electrons. The van der Waals surface area contributed by atoms with E-state index >= 15 is 0 Å². The number of hydrogen-bond acceptors (Lipinski definition) is 10. The number of hydrogen-bond donors (Lipinski definition) is 0. The number of rotatable bonds is 7. The molecule has 0 spiro atoms. The highest BCUT2D eigenvalue weighted by Crippen LogP contribution is 2.36. The predicted molar refractivity (Wildman–Crippen MR) is 94.4 cm³/mol. The summed E-state index contributed by atoms with van der Waals surface area (Å²) in [6.07, 6.45) is 1.54. The van der Waals surface area contributed by atoms with Gasteiger partial charge in [0.2, 0.25) is 11.7 Å². The maximum absolute atomic E-state index is 5.53. The fourth-order valence-corrected chi connectivity index (χ4v) is 2.98. The van der Waals surface area contributed by atoms with Gasteiger partial charge in [-0.2, -0.15) is 4.98 Å². The molecule has 9 nitrogen and oxygen atoms in total. The minimum Gasteiger partial charge on any atom is -0.493 e. The quantitative estimate of drug-likeness (QED) is 0.436. The van der Waals surface area contributed by atoms with Crippen LogP contribution in [-0.4, -0.2) is 34.6 Å². The highest BCUT2D eigenvalue weighted by atomic mass is 32.2. The summed E-state index contributed by atoms with van der Waals surface area (Å²) >= 11 is 1.28. The summed E-state index contributed by atoms with van der Waals surface area (Å²) in [7, 11) is 3.13. The molecule has 3 heterocycles. The lowest BCUT2D eigenvalue weighted by atomic mass is 10.2. The number of ether oxygens (including phenoxy) is 2. The second-order valence-corrected chi connectivity index (χ2v) is 6.12. The maximum atomic E-state index is 5.53. The van der Waals surface area contributed by atoms with Crippen LogP contribution >= 0.6 is 11.8 Å². The highest BCUT2D eigenvalue weighted by Gasteiger charge is 2.18. The van der Waals surface area contributed by atoms with Gasteiger partial charge in [-0.3, -0.25) is 0 Å². The number of furan rings is 1. The van der Waals surface area contributed by atoms with Crippen molar-refractivity contribution in [3.8, 4) is 34.5 Å². The van der Waals surface area contributed by atoms with Crippen LogP contribution in [0.3, 0.4) is 0 Å². The Morgan fingerprint density at radius 2 is 2.00 bits per heavy atom. The SMILES string of the molecule is COc1cccc(-c2noc(CSc3nnc(-c4ccco4)o3)n2)c1OC. The van der Waals surface area contributed by atoms with E-state index in [-0.39, 0.29) is 0 Å². The molecule has 0 unspecified atom stereocenters. The maximum Gasteiger partial charge on any atom is 0.284 e.